The molecule has 0 bridgehead atoms. The normalized spacial score (nSPS) is 12.7. The van der Waals surface area contributed by atoms with E-state index in [4.69, 9.17) is 10.3 Å². The van der Waals surface area contributed by atoms with Crippen LogP contribution >= 0.6 is 11.3 Å². The zero-order valence-electron chi connectivity index (χ0n) is 10.2. The number of nitrogens with two attached hydrogens (primary N) is 1. The lowest BCUT2D eigenvalue weighted by Gasteiger charge is -1.95. The van der Waals surface area contributed by atoms with E-state index in [1.807, 2.05) is 23.8 Å². The number of rotatable bonds is 4. The summed E-state index contributed by atoms with van der Waals surface area (Å²) in [5.74, 6) is 1.08. The fraction of sp³-hybridized carbons (Fsp3) is 0.273. The first kappa shape index (κ1) is 12.0. The Balaban J connectivity index is 1.76. The van der Waals surface area contributed by atoms with Gasteiger partial charge in [0.25, 0.3) is 0 Å². The maximum atomic E-state index is 5.72. The topological polar surface area (TPSA) is 95.7 Å². The van der Waals surface area contributed by atoms with Crippen molar-refractivity contribution >= 4 is 11.3 Å². The third-order valence-corrected chi connectivity index (χ3v) is 3.25. The van der Waals surface area contributed by atoms with Crippen molar-refractivity contribution in [2.75, 3.05) is 0 Å². The van der Waals surface area contributed by atoms with E-state index in [9.17, 15) is 0 Å². The molecule has 0 aromatic carbocycles. The van der Waals surface area contributed by atoms with Gasteiger partial charge in [0.15, 0.2) is 0 Å². The standard InChI is InChI=1S/C11H12N6OS/c1-7(12)9-4-17(16-14-9)5-10-13-11(15-18-10)8-2-3-19-6-8/h2-4,6-7H,5,12H2,1H3. The zero-order chi connectivity index (χ0) is 13.2. The molecule has 3 aromatic heterocycles. The molecular weight excluding hydrogens is 264 g/mol. The highest BCUT2D eigenvalue weighted by atomic mass is 32.1. The molecule has 0 aliphatic carbocycles. The van der Waals surface area contributed by atoms with Gasteiger partial charge in [0, 0.05) is 17.0 Å². The molecule has 0 aliphatic heterocycles. The van der Waals surface area contributed by atoms with Crippen LogP contribution in [-0.2, 0) is 6.54 Å². The predicted molar refractivity (Wildman–Crippen MR) is 69.3 cm³/mol. The van der Waals surface area contributed by atoms with Crippen molar-refractivity contribution < 1.29 is 4.52 Å². The van der Waals surface area contributed by atoms with Crippen molar-refractivity contribution in [1.82, 2.24) is 25.1 Å². The molecule has 0 saturated heterocycles. The van der Waals surface area contributed by atoms with Gasteiger partial charge in [-0.1, -0.05) is 10.4 Å². The summed E-state index contributed by atoms with van der Waals surface area (Å²) in [6.45, 7) is 2.24. The molecule has 3 heterocycles. The average Bonchev–Trinajstić information content (AvgIpc) is 3.09. The van der Waals surface area contributed by atoms with E-state index in [0.29, 0.717) is 18.3 Å². The monoisotopic (exact) mass is 276 g/mol. The third-order valence-electron chi connectivity index (χ3n) is 2.57. The maximum absolute atomic E-state index is 5.72. The third kappa shape index (κ3) is 2.54. The molecule has 0 spiro atoms. The number of hydrogen-bond acceptors (Lipinski definition) is 7. The van der Waals surface area contributed by atoms with Crippen LogP contribution in [-0.4, -0.2) is 25.1 Å². The Morgan fingerprint density at radius 3 is 3.11 bits per heavy atom. The first-order valence-corrected chi connectivity index (χ1v) is 6.67. The second kappa shape index (κ2) is 4.90. The highest BCUT2D eigenvalue weighted by molar-refractivity contribution is 7.08. The second-order valence-electron chi connectivity index (χ2n) is 4.15. The fourth-order valence-corrected chi connectivity index (χ4v) is 2.20. The summed E-state index contributed by atoms with van der Waals surface area (Å²) in [5.41, 5.74) is 7.41. The molecule has 19 heavy (non-hydrogen) atoms. The maximum Gasteiger partial charge on any atom is 0.248 e. The molecule has 8 heteroatoms. The SMILES string of the molecule is CC(N)c1cn(Cc2nc(-c3ccsc3)no2)nn1. The van der Waals surface area contributed by atoms with Gasteiger partial charge in [-0.05, 0) is 18.4 Å². The number of hydrogen-bond donors (Lipinski definition) is 1. The van der Waals surface area contributed by atoms with Gasteiger partial charge in [0.05, 0.1) is 11.9 Å². The van der Waals surface area contributed by atoms with Crippen LogP contribution in [0.3, 0.4) is 0 Å². The summed E-state index contributed by atoms with van der Waals surface area (Å²) in [7, 11) is 0. The summed E-state index contributed by atoms with van der Waals surface area (Å²) in [6, 6.07) is 1.81. The lowest BCUT2D eigenvalue weighted by molar-refractivity contribution is 0.364. The first-order chi connectivity index (χ1) is 9.22. The van der Waals surface area contributed by atoms with E-state index in [-0.39, 0.29) is 6.04 Å². The van der Waals surface area contributed by atoms with E-state index in [2.05, 4.69) is 20.5 Å². The molecule has 0 aliphatic rings. The fourth-order valence-electron chi connectivity index (χ4n) is 1.57. The van der Waals surface area contributed by atoms with Gasteiger partial charge >= 0.3 is 0 Å². The summed E-state index contributed by atoms with van der Waals surface area (Å²) >= 11 is 1.59. The summed E-state index contributed by atoms with van der Waals surface area (Å²) in [6.07, 6.45) is 1.78. The minimum atomic E-state index is -0.141. The molecule has 98 valence electrons. The Morgan fingerprint density at radius 2 is 2.42 bits per heavy atom. The molecule has 7 nitrogen and oxygen atoms in total. The van der Waals surface area contributed by atoms with Crippen molar-refractivity contribution in [2.45, 2.75) is 19.5 Å². The molecule has 0 fully saturated rings. The molecule has 0 radical (unpaired) electrons. The average molecular weight is 276 g/mol. The van der Waals surface area contributed by atoms with Crippen LogP contribution in [0.25, 0.3) is 11.4 Å². The lowest BCUT2D eigenvalue weighted by Crippen LogP contribution is -2.05. The molecule has 0 saturated carbocycles. The van der Waals surface area contributed by atoms with Crippen molar-refractivity contribution in [3.63, 3.8) is 0 Å². The number of nitrogens with zero attached hydrogens (tertiary/aromatic N) is 5. The van der Waals surface area contributed by atoms with E-state index in [0.717, 1.165) is 11.3 Å². The van der Waals surface area contributed by atoms with Crippen molar-refractivity contribution in [1.29, 1.82) is 0 Å². The van der Waals surface area contributed by atoms with E-state index >= 15 is 0 Å². The van der Waals surface area contributed by atoms with Gasteiger partial charge in [-0.3, -0.25) is 0 Å². The van der Waals surface area contributed by atoms with Gasteiger partial charge in [0.1, 0.15) is 6.54 Å². The predicted octanol–water partition coefficient (Wildman–Crippen LogP) is 1.46. The smallest absolute Gasteiger partial charge is 0.248 e. The lowest BCUT2D eigenvalue weighted by atomic mass is 10.3. The minimum absolute atomic E-state index is 0.141. The van der Waals surface area contributed by atoms with Crippen LogP contribution in [0.1, 0.15) is 24.6 Å². The number of thiophene rings is 1. The van der Waals surface area contributed by atoms with Crippen LogP contribution < -0.4 is 5.73 Å². The van der Waals surface area contributed by atoms with Crippen LogP contribution in [0.4, 0.5) is 0 Å². The summed E-state index contributed by atoms with van der Waals surface area (Å²) in [5, 5.41) is 15.8. The Morgan fingerprint density at radius 1 is 1.53 bits per heavy atom. The Bertz CT molecular complexity index is 656. The highest BCUT2D eigenvalue weighted by Crippen LogP contribution is 2.18. The van der Waals surface area contributed by atoms with Gasteiger partial charge < -0.3 is 10.3 Å². The van der Waals surface area contributed by atoms with Gasteiger partial charge in [-0.2, -0.15) is 16.3 Å². The van der Waals surface area contributed by atoms with Gasteiger partial charge in [-0.25, -0.2) is 4.68 Å². The van der Waals surface area contributed by atoms with Crippen LogP contribution in [0.15, 0.2) is 27.5 Å². The Hall–Kier alpha value is -2.06. The molecule has 0 amide bonds. The van der Waals surface area contributed by atoms with E-state index in [1.165, 1.54) is 0 Å². The van der Waals surface area contributed by atoms with Crippen molar-refractivity contribution in [3.8, 4) is 11.4 Å². The largest absolute Gasteiger partial charge is 0.337 e. The summed E-state index contributed by atoms with van der Waals surface area (Å²) < 4.78 is 6.81. The zero-order valence-corrected chi connectivity index (χ0v) is 11.0. The Labute approximate surface area is 113 Å². The second-order valence-corrected chi connectivity index (χ2v) is 4.93. The minimum Gasteiger partial charge on any atom is -0.337 e. The quantitative estimate of drug-likeness (QED) is 0.775. The van der Waals surface area contributed by atoms with Crippen LogP contribution in [0.2, 0.25) is 0 Å². The first-order valence-electron chi connectivity index (χ1n) is 5.73. The highest BCUT2D eigenvalue weighted by Gasteiger charge is 2.11. The van der Waals surface area contributed by atoms with Crippen LogP contribution in [0.5, 0.6) is 0 Å². The molecule has 3 rings (SSSR count). The molecular formula is C11H12N6OS. The molecule has 1 atom stereocenters. The molecule has 1 unspecified atom stereocenters. The van der Waals surface area contributed by atoms with Crippen molar-refractivity contribution in [2.24, 2.45) is 5.73 Å². The number of aromatic nitrogens is 5. The van der Waals surface area contributed by atoms with E-state index < -0.39 is 0 Å². The van der Waals surface area contributed by atoms with E-state index in [1.54, 1.807) is 22.2 Å². The molecule has 2 N–H and O–H groups in total. The van der Waals surface area contributed by atoms with Gasteiger partial charge in [-0.15, -0.1) is 5.10 Å². The van der Waals surface area contributed by atoms with Gasteiger partial charge in [0.2, 0.25) is 11.7 Å². The van der Waals surface area contributed by atoms with Crippen LogP contribution in [0, 0.1) is 0 Å². The van der Waals surface area contributed by atoms with Crippen molar-refractivity contribution in [3.05, 3.63) is 34.6 Å². The molecule has 3 aromatic rings. The summed E-state index contributed by atoms with van der Waals surface area (Å²) in [4.78, 5) is 4.31. The Kier molecular flexibility index (Phi) is 3.10.